The molecule has 18 heavy (non-hydrogen) atoms. The number of likely N-dealkylation sites (tertiary alicyclic amines) is 1. The minimum absolute atomic E-state index is 0.822. The van der Waals surface area contributed by atoms with Crippen molar-refractivity contribution in [2.75, 3.05) is 19.6 Å². The predicted octanol–water partition coefficient (Wildman–Crippen LogP) is 3.85. The van der Waals surface area contributed by atoms with Gasteiger partial charge in [-0.05, 0) is 69.1 Å². The molecule has 3 rings (SSSR count). The van der Waals surface area contributed by atoms with Gasteiger partial charge in [-0.25, -0.2) is 0 Å². The van der Waals surface area contributed by atoms with Crippen molar-refractivity contribution in [1.82, 2.24) is 9.88 Å². The van der Waals surface area contributed by atoms with Gasteiger partial charge < -0.3 is 9.88 Å². The Labute approximate surface area is 113 Å². The summed E-state index contributed by atoms with van der Waals surface area (Å²) < 4.78 is 0. The molecule has 2 nitrogen and oxygen atoms in total. The predicted molar refractivity (Wildman–Crippen MR) is 77.3 cm³/mol. The maximum Gasteiger partial charge on any atom is 0.0457 e. The standard InChI is InChI=1S/C15H19ClN2/c16-13-5-6-15-14(10-13)12(11-17-15)4-3-9-18-7-1-2-8-18/h5-6,10-11,17H,1-4,7-9H2. The number of aromatic nitrogens is 1. The van der Waals surface area contributed by atoms with Crippen molar-refractivity contribution in [3.63, 3.8) is 0 Å². The number of rotatable bonds is 4. The third-order valence-electron chi connectivity index (χ3n) is 3.85. The highest BCUT2D eigenvalue weighted by atomic mass is 35.5. The third-order valence-corrected chi connectivity index (χ3v) is 4.08. The number of H-pyrrole nitrogens is 1. The van der Waals surface area contributed by atoms with E-state index in [4.69, 9.17) is 11.6 Å². The lowest BCUT2D eigenvalue weighted by Crippen LogP contribution is -2.20. The van der Waals surface area contributed by atoms with Crippen LogP contribution in [0.15, 0.2) is 24.4 Å². The molecule has 0 spiro atoms. The van der Waals surface area contributed by atoms with Crippen molar-refractivity contribution in [3.05, 3.63) is 35.0 Å². The van der Waals surface area contributed by atoms with Crippen LogP contribution in [0, 0.1) is 0 Å². The average Bonchev–Trinajstić information content (AvgIpc) is 2.99. The smallest absolute Gasteiger partial charge is 0.0457 e. The van der Waals surface area contributed by atoms with Gasteiger partial charge in [0.2, 0.25) is 0 Å². The molecule has 0 unspecified atom stereocenters. The summed E-state index contributed by atoms with van der Waals surface area (Å²) in [6.45, 7) is 3.81. The molecule has 0 bridgehead atoms. The van der Waals surface area contributed by atoms with Gasteiger partial charge in [0.1, 0.15) is 0 Å². The summed E-state index contributed by atoms with van der Waals surface area (Å²) in [5, 5.41) is 2.10. The Morgan fingerprint density at radius 1 is 1.22 bits per heavy atom. The van der Waals surface area contributed by atoms with Crippen LogP contribution in [0.1, 0.15) is 24.8 Å². The van der Waals surface area contributed by atoms with Gasteiger partial charge >= 0.3 is 0 Å². The lowest BCUT2D eigenvalue weighted by atomic mass is 10.1. The van der Waals surface area contributed by atoms with E-state index in [-0.39, 0.29) is 0 Å². The Balaban J connectivity index is 1.65. The Morgan fingerprint density at radius 3 is 2.89 bits per heavy atom. The SMILES string of the molecule is Clc1ccc2[nH]cc(CCCN3CCCC3)c2c1. The third kappa shape index (κ3) is 2.55. The fourth-order valence-corrected chi connectivity index (χ4v) is 3.03. The van der Waals surface area contributed by atoms with Gasteiger partial charge in [-0.1, -0.05) is 11.6 Å². The number of nitrogens with one attached hydrogen (secondary N) is 1. The van der Waals surface area contributed by atoms with Gasteiger partial charge in [-0.15, -0.1) is 0 Å². The summed E-state index contributed by atoms with van der Waals surface area (Å²) in [7, 11) is 0. The van der Waals surface area contributed by atoms with E-state index >= 15 is 0 Å². The van der Waals surface area contributed by atoms with E-state index in [2.05, 4.69) is 28.2 Å². The molecule has 1 fully saturated rings. The number of halogens is 1. The summed E-state index contributed by atoms with van der Waals surface area (Å²) in [4.78, 5) is 5.89. The summed E-state index contributed by atoms with van der Waals surface area (Å²) >= 11 is 6.06. The minimum Gasteiger partial charge on any atom is -0.361 e. The molecule has 2 aromatic rings. The summed E-state index contributed by atoms with van der Waals surface area (Å²) in [6.07, 6.45) is 7.26. The van der Waals surface area contributed by atoms with Gasteiger partial charge in [0.05, 0.1) is 0 Å². The topological polar surface area (TPSA) is 19.0 Å². The largest absolute Gasteiger partial charge is 0.361 e. The maximum atomic E-state index is 6.06. The molecule has 1 aliphatic heterocycles. The Kier molecular flexibility index (Phi) is 3.57. The second kappa shape index (κ2) is 5.33. The quantitative estimate of drug-likeness (QED) is 0.887. The highest BCUT2D eigenvalue weighted by Crippen LogP contribution is 2.23. The van der Waals surface area contributed by atoms with E-state index in [1.165, 1.54) is 55.4 Å². The molecule has 0 atom stereocenters. The molecule has 3 heteroatoms. The first-order valence-electron chi connectivity index (χ1n) is 6.81. The van der Waals surface area contributed by atoms with Crippen LogP contribution in [0.2, 0.25) is 5.02 Å². The average molecular weight is 263 g/mol. The van der Waals surface area contributed by atoms with Crippen LogP contribution in [-0.2, 0) is 6.42 Å². The first-order chi connectivity index (χ1) is 8.83. The lowest BCUT2D eigenvalue weighted by Gasteiger charge is -2.13. The Hall–Kier alpha value is -0.990. The fraction of sp³-hybridized carbons (Fsp3) is 0.467. The summed E-state index contributed by atoms with van der Waals surface area (Å²) in [6, 6.07) is 6.06. The molecule has 0 radical (unpaired) electrons. The van der Waals surface area contributed by atoms with Gasteiger partial charge in [0.15, 0.2) is 0 Å². The molecule has 0 amide bonds. The van der Waals surface area contributed by atoms with E-state index < -0.39 is 0 Å². The molecule has 96 valence electrons. The number of nitrogens with zero attached hydrogens (tertiary/aromatic N) is 1. The maximum absolute atomic E-state index is 6.06. The van der Waals surface area contributed by atoms with Crippen molar-refractivity contribution in [2.24, 2.45) is 0 Å². The normalized spacial score (nSPS) is 16.7. The van der Waals surface area contributed by atoms with Gasteiger partial charge in [0, 0.05) is 22.1 Å². The van der Waals surface area contributed by atoms with Crippen LogP contribution in [0.5, 0.6) is 0 Å². The number of aromatic amines is 1. The van der Waals surface area contributed by atoms with Crippen molar-refractivity contribution >= 4 is 22.5 Å². The molecule has 2 heterocycles. The van der Waals surface area contributed by atoms with Crippen LogP contribution in [0.25, 0.3) is 10.9 Å². The van der Waals surface area contributed by atoms with E-state index in [0.717, 1.165) is 11.4 Å². The zero-order valence-corrected chi connectivity index (χ0v) is 11.3. The number of fused-ring (bicyclic) bond motifs is 1. The Bertz CT molecular complexity index is 526. The van der Waals surface area contributed by atoms with E-state index in [9.17, 15) is 0 Å². The number of aryl methyl sites for hydroxylation is 1. The summed E-state index contributed by atoms with van der Waals surface area (Å²) in [5.41, 5.74) is 2.59. The molecule has 1 saturated heterocycles. The first kappa shape index (κ1) is 12.1. The van der Waals surface area contributed by atoms with Crippen LogP contribution >= 0.6 is 11.6 Å². The summed E-state index contributed by atoms with van der Waals surface area (Å²) in [5.74, 6) is 0. The van der Waals surface area contributed by atoms with E-state index in [1.807, 2.05) is 6.07 Å². The van der Waals surface area contributed by atoms with E-state index in [0.29, 0.717) is 0 Å². The molecule has 1 aromatic carbocycles. The number of hydrogen-bond acceptors (Lipinski definition) is 1. The zero-order valence-electron chi connectivity index (χ0n) is 10.6. The second-order valence-electron chi connectivity index (χ2n) is 5.16. The minimum atomic E-state index is 0.822. The molecular weight excluding hydrogens is 244 g/mol. The highest BCUT2D eigenvalue weighted by Gasteiger charge is 2.11. The van der Waals surface area contributed by atoms with Gasteiger partial charge in [0.25, 0.3) is 0 Å². The number of benzene rings is 1. The van der Waals surface area contributed by atoms with Crippen LogP contribution in [-0.4, -0.2) is 29.5 Å². The van der Waals surface area contributed by atoms with Crippen LogP contribution < -0.4 is 0 Å². The second-order valence-corrected chi connectivity index (χ2v) is 5.59. The van der Waals surface area contributed by atoms with E-state index in [1.54, 1.807) is 0 Å². The number of hydrogen-bond donors (Lipinski definition) is 1. The molecule has 1 aliphatic rings. The molecular formula is C15H19ClN2. The lowest BCUT2D eigenvalue weighted by molar-refractivity contribution is 0.334. The molecule has 1 aromatic heterocycles. The molecule has 0 saturated carbocycles. The van der Waals surface area contributed by atoms with Crippen molar-refractivity contribution in [2.45, 2.75) is 25.7 Å². The van der Waals surface area contributed by atoms with Crippen molar-refractivity contribution < 1.29 is 0 Å². The molecule has 1 N–H and O–H groups in total. The van der Waals surface area contributed by atoms with Crippen LogP contribution in [0.3, 0.4) is 0 Å². The van der Waals surface area contributed by atoms with Gasteiger partial charge in [-0.3, -0.25) is 0 Å². The van der Waals surface area contributed by atoms with Crippen LogP contribution in [0.4, 0.5) is 0 Å². The zero-order chi connectivity index (χ0) is 12.4. The van der Waals surface area contributed by atoms with Crippen molar-refractivity contribution in [1.29, 1.82) is 0 Å². The Morgan fingerprint density at radius 2 is 2.06 bits per heavy atom. The highest BCUT2D eigenvalue weighted by molar-refractivity contribution is 6.31. The monoisotopic (exact) mass is 262 g/mol. The van der Waals surface area contributed by atoms with Gasteiger partial charge in [-0.2, -0.15) is 0 Å². The first-order valence-corrected chi connectivity index (χ1v) is 7.18. The molecule has 0 aliphatic carbocycles. The fourth-order valence-electron chi connectivity index (χ4n) is 2.86. The van der Waals surface area contributed by atoms with Crippen molar-refractivity contribution in [3.8, 4) is 0 Å².